The fourth-order valence-corrected chi connectivity index (χ4v) is 4.52. The van der Waals surface area contributed by atoms with Crippen LogP contribution in [0.2, 0.25) is 0 Å². The van der Waals surface area contributed by atoms with Crippen LogP contribution in [0.5, 0.6) is 0 Å². The van der Waals surface area contributed by atoms with E-state index < -0.39 is 0 Å². The van der Waals surface area contributed by atoms with E-state index in [1.54, 1.807) is 18.2 Å². The van der Waals surface area contributed by atoms with Crippen LogP contribution in [0.4, 0.5) is 0 Å². The Morgan fingerprint density at radius 2 is 1.75 bits per heavy atom. The number of thioether (sulfide) groups is 1. The van der Waals surface area contributed by atoms with Gasteiger partial charge in [-0.2, -0.15) is 0 Å². The maximum atomic E-state index is 12.9. The van der Waals surface area contributed by atoms with Crippen molar-refractivity contribution in [2.24, 2.45) is 0 Å². The summed E-state index contributed by atoms with van der Waals surface area (Å²) in [6.07, 6.45) is 0. The molecule has 1 unspecified atom stereocenters. The number of aromatic amines is 2. The highest BCUT2D eigenvalue weighted by molar-refractivity contribution is 8.00. The van der Waals surface area contributed by atoms with Gasteiger partial charge in [0, 0.05) is 10.9 Å². The van der Waals surface area contributed by atoms with Crippen molar-refractivity contribution < 1.29 is 4.79 Å². The smallest absolute Gasteiger partial charge is 0.306 e. The summed E-state index contributed by atoms with van der Waals surface area (Å²) in [6, 6.07) is 11.5. The number of benzene rings is 2. The molecule has 2 aromatic carbocycles. The number of rotatable bonds is 4. The van der Waals surface area contributed by atoms with Crippen LogP contribution < -0.4 is 5.69 Å². The Labute approximate surface area is 166 Å². The fraction of sp³-hybridized carbons (Fsp3) is 0.227. The van der Waals surface area contributed by atoms with Crippen LogP contribution in [0, 0.1) is 20.8 Å². The van der Waals surface area contributed by atoms with Gasteiger partial charge in [-0.05, 0) is 69.2 Å². The van der Waals surface area contributed by atoms with E-state index in [0.29, 0.717) is 16.6 Å². The van der Waals surface area contributed by atoms with E-state index in [4.69, 9.17) is 4.98 Å². The first-order chi connectivity index (χ1) is 13.3. The molecule has 4 aromatic rings. The summed E-state index contributed by atoms with van der Waals surface area (Å²) >= 11 is 1.46. The predicted octanol–water partition coefficient (Wildman–Crippen LogP) is 4.69. The molecule has 0 aliphatic heterocycles. The van der Waals surface area contributed by atoms with Gasteiger partial charge in [0.25, 0.3) is 0 Å². The monoisotopic (exact) mass is 391 g/mol. The van der Waals surface area contributed by atoms with Crippen molar-refractivity contribution in [2.45, 2.75) is 38.0 Å². The molecular weight excluding hydrogens is 370 g/mol. The number of Topliss-reactive ketones (excluding diaryl/α,β-unsaturated/α-hetero) is 1. The maximum absolute atomic E-state index is 12.9. The van der Waals surface area contributed by atoms with E-state index in [1.807, 2.05) is 13.0 Å². The topological polar surface area (TPSA) is 78.6 Å². The van der Waals surface area contributed by atoms with Gasteiger partial charge >= 0.3 is 5.69 Å². The Kier molecular flexibility index (Phi) is 4.59. The highest BCUT2D eigenvalue weighted by atomic mass is 32.2. The van der Waals surface area contributed by atoms with Crippen molar-refractivity contribution in [3.63, 3.8) is 0 Å². The molecule has 0 bridgehead atoms. The van der Waals surface area contributed by atoms with Gasteiger partial charge in [-0.15, -0.1) is 0 Å². The molecule has 0 amide bonds. The van der Waals surface area contributed by atoms with Crippen molar-refractivity contribution in [3.8, 4) is 0 Å². The highest BCUT2D eigenvalue weighted by Crippen LogP contribution is 2.30. The predicted molar refractivity (Wildman–Crippen MR) is 115 cm³/mol. The maximum Gasteiger partial charge on any atom is 0.323 e. The minimum Gasteiger partial charge on any atom is -0.306 e. The number of carbonyl (C=O) groups excluding carboxylic acids is 1. The van der Waals surface area contributed by atoms with Crippen LogP contribution in [0.25, 0.3) is 21.9 Å². The van der Waals surface area contributed by atoms with E-state index in [0.717, 1.165) is 27.1 Å². The number of hydrogen-bond acceptors (Lipinski definition) is 4. The Morgan fingerprint density at radius 3 is 2.54 bits per heavy atom. The molecule has 1 atom stereocenters. The first-order valence-electron chi connectivity index (χ1n) is 9.13. The lowest BCUT2D eigenvalue weighted by molar-refractivity contribution is 0.0994. The third-order valence-corrected chi connectivity index (χ3v) is 5.92. The van der Waals surface area contributed by atoms with Crippen molar-refractivity contribution in [3.05, 3.63) is 69.1 Å². The molecule has 142 valence electrons. The van der Waals surface area contributed by atoms with Crippen LogP contribution in [-0.2, 0) is 0 Å². The summed E-state index contributed by atoms with van der Waals surface area (Å²) in [5.74, 6) is 0.00845. The van der Waals surface area contributed by atoms with Crippen molar-refractivity contribution in [1.29, 1.82) is 0 Å². The van der Waals surface area contributed by atoms with E-state index in [2.05, 4.69) is 42.9 Å². The molecule has 2 N–H and O–H groups in total. The number of nitrogens with one attached hydrogen (secondary N) is 2. The number of aromatic nitrogens is 3. The van der Waals surface area contributed by atoms with Crippen LogP contribution in [0.15, 0.2) is 46.2 Å². The molecule has 0 radical (unpaired) electrons. The number of fused-ring (bicyclic) bond motifs is 2. The Balaban J connectivity index is 1.64. The lowest BCUT2D eigenvalue weighted by atomic mass is 10.0. The van der Waals surface area contributed by atoms with Crippen molar-refractivity contribution in [1.82, 2.24) is 15.0 Å². The molecule has 0 spiro atoms. The molecule has 0 saturated heterocycles. The second-order valence-electron chi connectivity index (χ2n) is 7.22. The number of carbonyl (C=O) groups is 1. The largest absolute Gasteiger partial charge is 0.323 e. The number of nitrogens with zero attached hydrogens (tertiary/aromatic N) is 1. The van der Waals surface area contributed by atoms with Crippen LogP contribution in [-0.4, -0.2) is 26.0 Å². The number of hydrogen-bond donors (Lipinski definition) is 2. The number of aryl methyl sites for hydroxylation is 3. The Morgan fingerprint density at radius 1 is 1.00 bits per heavy atom. The fourth-order valence-electron chi connectivity index (χ4n) is 3.53. The lowest BCUT2D eigenvalue weighted by Gasteiger charge is -2.13. The molecule has 2 aromatic heterocycles. The highest BCUT2D eigenvalue weighted by Gasteiger charge is 2.19. The van der Waals surface area contributed by atoms with Gasteiger partial charge in [0.05, 0.1) is 26.8 Å². The number of imidazole rings is 1. The summed E-state index contributed by atoms with van der Waals surface area (Å²) in [5, 5.41) is 1.70. The molecule has 0 saturated carbocycles. The zero-order valence-corrected chi connectivity index (χ0v) is 17.0. The summed E-state index contributed by atoms with van der Waals surface area (Å²) in [7, 11) is 0. The summed E-state index contributed by atoms with van der Waals surface area (Å²) in [4.78, 5) is 34.5. The molecule has 4 rings (SSSR count). The van der Waals surface area contributed by atoms with Crippen LogP contribution in [0.3, 0.4) is 0 Å². The third-order valence-electron chi connectivity index (χ3n) is 4.90. The van der Waals surface area contributed by atoms with E-state index in [1.165, 1.54) is 17.3 Å². The summed E-state index contributed by atoms with van der Waals surface area (Å²) in [5.41, 5.74) is 6.14. The standard InChI is InChI=1S/C22H21N3O2S/c1-11-7-13(3)20-16(8-11)12(2)9-19(25-20)28-14(4)21(26)15-5-6-17-18(10-15)24-22(27)23-17/h5-10,14H,1-4H3,(H2,23,24,27). The van der Waals surface area contributed by atoms with E-state index >= 15 is 0 Å². The molecule has 2 heterocycles. The van der Waals surface area contributed by atoms with Gasteiger partial charge in [-0.3, -0.25) is 4.79 Å². The first kappa shape index (κ1) is 18.5. The van der Waals surface area contributed by atoms with Gasteiger partial charge < -0.3 is 9.97 Å². The van der Waals surface area contributed by atoms with Gasteiger partial charge in [-0.1, -0.05) is 23.4 Å². The molecule has 6 heteroatoms. The quantitative estimate of drug-likeness (QED) is 0.391. The van der Waals surface area contributed by atoms with E-state index in [9.17, 15) is 9.59 Å². The summed E-state index contributed by atoms with van der Waals surface area (Å²) < 4.78 is 0. The second kappa shape index (κ2) is 6.95. The zero-order chi connectivity index (χ0) is 20.0. The first-order valence-corrected chi connectivity index (χ1v) is 10.0. The molecular formula is C22H21N3O2S. The number of H-pyrrole nitrogens is 2. The number of pyridine rings is 1. The normalized spacial score (nSPS) is 12.6. The van der Waals surface area contributed by atoms with Gasteiger partial charge in [0.1, 0.15) is 0 Å². The zero-order valence-electron chi connectivity index (χ0n) is 16.2. The second-order valence-corrected chi connectivity index (χ2v) is 8.58. The Hall–Kier alpha value is -2.86. The minimum atomic E-state index is -0.293. The van der Waals surface area contributed by atoms with Crippen LogP contribution in [0.1, 0.15) is 34.0 Å². The van der Waals surface area contributed by atoms with Crippen molar-refractivity contribution in [2.75, 3.05) is 0 Å². The van der Waals surface area contributed by atoms with E-state index in [-0.39, 0.29) is 16.7 Å². The van der Waals surface area contributed by atoms with Gasteiger partial charge in [0.2, 0.25) is 0 Å². The van der Waals surface area contributed by atoms with Gasteiger partial charge in [0.15, 0.2) is 5.78 Å². The van der Waals surface area contributed by atoms with Crippen LogP contribution >= 0.6 is 11.8 Å². The average Bonchev–Trinajstić information content (AvgIpc) is 3.01. The number of ketones is 1. The molecule has 5 nitrogen and oxygen atoms in total. The molecule has 0 aliphatic rings. The summed E-state index contributed by atoms with van der Waals surface area (Å²) in [6.45, 7) is 8.12. The SMILES string of the molecule is Cc1cc(C)c2nc(SC(C)C(=O)c3ccc4[nH]c(=O)[nH]c4c3)cc(C)c2c1. The lowest BCUT2D eigenvalue weighted by Crippen LogP contribution is -2.13. The minimum absolute atomic E-state index is 0.00845. The Bertz CT molecular complexity index is 1290. The average molecular weight is 391 g/mol. The third kappa shape index (κ3) is 3.36. The van der Waals surface area contributed by atoms with Gasteiger partial charge in [-0.25, -0.2) is 9.78 Å². The van der Waals surface area contributed by atoms with Crippen molar-refractivity contribution >= 4 is 39.5 Å². The molecule has 0 fully saturated rings. The molecule has 0 aliphatic carbocycles. The molecule has 28 heavy (non-hydrogen) atoms.